The number of imidazole rings is 1. The fourth-order valence-electron chi connectivity index (χ4n) is 1.83. The molecule has 3 rings (SSSR count). The number of carbonyl (C=O) groups excluding carboxylic acids is 1. The van der Waals surface area contributed by atoms with E-state index in [0.717, 1.165) is 0 Å². The molecule has 0 aliphatic carbocycles. The van der Waals surface area contributed by atoms with E-state index < -0.39 is 0 Å². The van der Waals surface area contributed by atoms with Gasteiger partial charge in [-0.3, -0.25) is 9.20 Å². The Labute approximate surface area is 124 Å². The third-order valence-corrected chi connectivity index (χ3v) is 3.12. The smallest absolute Gasteiger partial charge is 0.273 e. The minimum atomic E-state index is -0.208. The van der Waals surface area contributed by atoms with Crippen LogP contribution in [0.15, 0.2) is 29.5 Å². The molecule has 0 saturated heterocycles. The van der Waals surface area contributed by atoms with Crippen LogP contribution in [0, 0.1) is 0 Å². The highest BCUT2D eigenvalue weighted by Gasteiger charge is 2.16. The number of hydrogen-bond acceptors (Lipinski definition) is 6. The molecule has 21 heavy (non-hydrogen) atoms. The van der Waals surface area contributed by atoms with Crippen LogP contribution >= 0.6 is 11.6 Å². The van der Waals surface area contributed by atoms with Crippen molar-refractivity contribution < 1.29 is 9.32 Å². The second-order valence-electron chi connectivity index (χ2n) is 4.43. The zero-order valence-corrected chi connectivity index (χ0v) is 11.9. The molecule has 0 aliphatic heterocycles. The number of hydrogen-bond donors (Lipinski definition) is 0. The van der Waals surface area contributed by atoms with Gasteiger partial charge in [-0.2, -0.15) is 4.98 Å². The van der Waals surface area contributed by atoms with Gasteiger partial charge in [-0.25, -0.2) is 9.97 Å². The van der Waals surface area contributed by atoms with Crippen LogP contribution in [0.4, 0.5) is 0 Å². The molecule has 0 bridgehead atoms. The van der Waals surface area contributed by atoms with Gasteiger partial charge in [-0.05, 0) is 0 Å². The Morgan fingerprint density at radius 2 is 2.29 bits per heavy atom. The van der Waals surface area contributed by atoms with Crippen LogP contribution < -0.4 is 0 Å². The first-order chi connectivity index (χ1) is 10.1. The van der Waals surface area contributed by atoms with Gasteiger partial charge in [0.1, 0.15) is 5.69 Å². The van der Waals surface area contributed by atoms with E-state index in [1.54, 1.807) is 28.7 Å². The van der Waals surface area contributed by atoms with E-state index in [0.29, 0.717) is 35.3 Å². The van der Waals surface area contributed by atoms with E-state index in [1.807, 2.05) is 0 Å². The van der Waals surface area contributed by atoms with Crippen LogP contribution in [0.3, 0.4) is 0 Å². The van der Waals surface area contributed by atoms with Gasteiger partial charge in [-0.1, -0.05) is 16.8 Å². The van der Waals surface area contributed by atoms with Crippen molar-refractivity contribution in [2.45, 2.75) is 6.42 Å². The molecular weight excluding hydrogens is 296 g/mol. The molecule has 0 fully saturated rings. The van der Waals surface area contributed by atoms with Crippen LogP contribution in [-0.4, -0.2) is 48.9 Å². The molecule has 3 aromatic rings. The topological polar surface area (TPSA) is 89.4 Å². The van der Waals surface area contributed by atoms with Crippen molar-refractivity contribution in [1.82, 2.24) is 29.4 Å². The van der Waals surface area contributed by atoms with Crippen molar-refractivity contribution in [3.63, 3.8) is 0 Å². The Morgan fingerprint density at radius 1 is 1.43 bits per heavy atom. The number of aromatic nitrogens is 5. The zero-order chi connectivity index (χ0) is 14.8. The highest BCUT2D eigenvalue weighted by molar-refractivity contribution is 6.30. The summed E-state index contributed by atoms with van der Waals surface area (Å²) in [6.07, 6.45) is 6.50. The predicted octanol–water partition coefficient (Wildman–Crippen LogP) is 1.08. The summed E-state index contributed by atoms with van der Waals surface area (Å²) in [4.78, 5) is 25.9. The van der Waals surface area contributed by atoms with Gasteiger partial charge in [0.25, 0.3) is 5.91 Å². The number of fused-ring (bicyclic) bond motifs is 1. The standard InChI is InChI=1S/C12H11ClN6O2/c1-18(3-2-10-15-7-21-17-10)11(20)9-6-19-5-8(13)4-14-12(19)16-9/h4-7H,2-3H2,1H3. The Morgan fingerprint density at radius 3 is 3.05 bits per heavy atom. The highest BCUT2D eigenvalue weighted by Crippen LogP contribution is 2.10. The van der Waals surface area contributed by atoms with E-state index in [1.165, 1.54) is 12.6 Å². The van der Waals surface area contributed by atoms with Gasteiger partial charge >= 0.3 is 0 Å². The molecule has 0 N–H and O–H groups in total. The number of carbonyl (C=O) groups is 1. The average molecular weight is 307 g/mol. The van der Waals surface area contributed by atoms with Crippen molar-refractivity contribution in [3.8, 4) is 0 Å². The average Bonchev–Trinajstić information content (AvgIpc) is 3.12. The summed E-state index contributed by atoms with van der Waals surface area (Å²) in [6, 6.07) is 0. The molecule has 3 aromatic heterocycles. The molecule has 0 unspecified atom stereocenters. The maximum absolute atomic E-state index is 12.3. The molecule has 9 heteroatoms. The first-order valence-electron chi connectivity index (χ1n) is 6.14. The second kappa shape index (κ2) is 5.49. The van der Waals surface area contributed by atoms with Crippen molar-refractivity contribution in [2.24, 2.45) is 0 Å². The Kier molecular flexibility index (Phi) is 3.53. The number of nitrogens with zero attached hydrogens (tertiary/aromatic N) is 6. The maximum atomic E-state index is 12.3. The summed E-state index contributed by atoms with van der Waals surface area (Å²) >= 11 is 5.85. The van der Waals surface area contributed by atoms with Crippen molar-refractivity contribution in [1.29, 1.82) is 0 Å². The monoisotopic (exact) mass is 306 g/mol. The SMILES string of the molecule is CN(CCc1ncon1)C(=O)c1cn2cc(Cl)cnc2n1. The lowest BCUT2D eigenvalue weighted by Crippen LogP contribution is -2.29. The number of halogens is 1. The highest BCUT2D eigenvalue weighted by atomic mass is 35.5. The molecular formula is C12H11ClN6O2. The number of amides is 1. The molecule has 0 radical (unpaired) electrons. The molecule has 0 aromatic carbocycles. The molecule has 0 atom stereocenters. The van der Waals surface area contributed by atoms with Crippen molar-refractivity contribution >= 4 is 23.3 Å². The lowest BCUT2D eigenvalue weighted by Gasteiger charge is -2.14. The van der Waals surface area contributed by atoms with Crippen LogP contribution in [0.25, 0.3) is 5.78 Å². The van der Waals surface area contributed by atoms with Crippen LogP contribution in [-0.2, 0) is 6.42 Å². The number of rotatable bonds is 4. The lowest BCUT2D eigenvalue weighted by molar-refractivity contribution is 0.0790. The molecule has 1 amide bonds. The first-order valence-corrected chi connectivity index (χ1v) is 6.52. The quantitative estimate of drug-likeness (QED) is 0.716. The minimum absolute atomic E-state index is 0.208. The molecule has 3 heterocycles. The molecule has 108 valence electrons. The summed E-state index contributed by atoms with van der Waals surface area (Å²) in [7, 11) is 1.69. The van der Waals surface area contributed by atoms with Gasteiger partial charge < -0.3 is 9.42 Å². The van der Waals surface area contributed by atoms with Gasteiger partial charge in [0.15, 0.2) is 5.82 Å². The maximum Gasteiger partial charge on any atom is 0.273 e. The van der Waals surface area contributed by atoms with Gasteiger partial charge in [0.2, 0.25) is 12.2 Å². The van der Waals surface area contributed by atoms with Crippen LogP contribution in [0.2, 0.25) is 5.02 Å². The summed E-state index contributed by atoms with van der Waals surface area (Å²) in [6.45, 7) is 0.459. The third-order valence-electron chi connectivity index (χ3n) is 2.92. The van der Waals surface area contributed by atoms with Crippen molar-refractivity contribution in [3.05, 3.63) is 41.5 Å². The fourth-order valence-corrected chi connectivity index (χ4v) is 1.98. The second-order valence-corrected chi connectivity index (χ2v) is 4.87. The van der Waals surface area contributed by atoms with Crippen molar-refractivity contribution in [2.75, 3.05) is 13.6 Å². The summed E-state index contributed by atoms with van der Waals surface area (Å²) in [5.74, 6) is 0.771. The number of likely N-dealkylation sites (N-methyl/N-ethyl adjacent to an activating group) is 1. The van der Waals surface area contributed by atoms with E-state index in [9.17, 15) is 4.79 Å². The Balaban J connectivity index is 1.73. The summed E-state index contributed by atoms with van der Waals surface area (Å²) < 4.78 is 6.26. The van der Waals surface area contributed by atoms with Gasteiger partial charge in [-0.15, -0.1) is 0 Å². The predicted molar refractivity (Wildman–Crippen MR) is 73.0 cm³/mol. The molecule has 0 saturated carbocycles. The van der Waals surface area contributed by atoms with Gasteiger partial charge in [0.05, 0.1) is 11.2 Å². The molecule has 0 spiro atoms. The Bertz CT molecular complexity index is 769. The zero-order valence-electron chi connectivity index (χ0n) is 11.1. The lowest BCUT2D eigenvalue weighted by atomic mass is 10.3. The fraction of sp³-hybridized carbons (Fsp3) is 0.250. The molecule has 8 nitrogen and oxygen atoms in total. The minimum Gasteiger partial charge on any atom is -0.343 e. The van der Waals surface area contributed by atoms with E-state index in [-0.39, 0.29) is 5.91 Å². The van der Waals surface area contributed by atoms with E-state index in [4.69, 9.17) is 11.6 Å². The normalized spacial score (nSPS) is 11.0. The Hall–Kier alpha value is -2.48. The van der Waals surface area contributed by atoms with Crippen LogP contribution in [0.1, 0.15) is 16.3 Å². The summed E-state index contributed by atoms with van der Waals surface area (Å²) in [5.41, 5.74) is 0.306. The largest absolute Gasteiger partial charge is 0.343 e. The summed E-state index contributed by atoms with van der Waals surface area (Å²) in [5, 5.41) is 4.17. The third kappa shape index (κ3) is 2.84. The molecule has 0 aliphatic rings. The van der Waals surface area contributed by atoms with E-state index in [2.05, 4.69) is 24.6 Å². The van der Waals surface area contributed by atoms with Gasteiger partial charge in [0, 0.05) is 32.4 Å². The van der Waals surface area contributed by atoms with E-state index >= 15 is 0 Å². The first kappa shape index (κ1) is 13.5. The van der Waals surface area contributed by atoms with Crippen LogP contribution in [0.5, 0.6) is 0 Å².